The van der Waals surface area contributed by atoms with E-state index in [4.69, 9.17) is 5.26 Å². The molecule has 84 valence electrons. The molecule has 0 spiro atoms. The summed E-state index contributed by atoms with van der Waals surface area (Å²) in [4.78, 5) is 0.0497. The van der Waals surface area contributed by atoms with Gasteiger partial charge in [0.15, 0.2) is 5.40 Å². The van der Waals surface area contributed by atoms with Crippen molar-refractivity contribution in [3.8, 4) is 16.5 Å². The van der Waals surface area contributed by atoms with Crippen molar-refractivity contribution < 1.29 is 8.42 Å². The molecule has 0 unspecified atom stereocenters. The van der Waals surface area contributed by atoms with E-state index in [0.717, 1.165) is 5.56 Å². The molecule has 0 fully saturated rings. The summed E-state index contributed by atoms with van der Waals surface area (Å²) in [6.45, 7) is 0. The summed E-state index contributed by atoms with van der Waals surface area (Å²) in [7, 11) is -3.87. The average molecular weight is 243 g/mol. The molecule has 4 heteroatoms. The van der Waals surface area contributed by atoms with E-state index in [1.165, 1.54) is 11.5 Å². The third kappa shape index (κ3) is 2.19. The van der Waals surface area contributed by atoms with Gasteiger partial charge in [-0.1, -0.05) is 48.5 Å². The van der Waals surface area contributed by atoms with Gasteiger partial charge in [0.1, 0.15) is 0 Å². The molecule has 0 saturated heterocycles. The van der Waals surface area contributed by atoms with E-state index >= 15 is 0 Å². The second-order valence-electron chi connectivity index (χ2n) is 3.46. The van der Waals surface area contributed by atoms with Gasteiger partial charge in [0.2, 0.25) is 0 Å². The van der Waals surface area contributed by atoms with E-state index in [1.54, 1.807) is 18.2 Å². The van der Waals surface area contributed by atoms with Crippen LogP contribution in [-0.2, 0) is 9.84 Å². The van der Waals surface area contributed by atoms with Crippen molar-refractivity contribution in [2.24, 2.45) is 0 Å². The number of benzene rings is 2. The minimum absolute atomic E-state index is 0.0497. The Bertz CT molecular complexity index is 670. The van der Waals surface area contributed by atoms with E-state index in [1.807, 2.05) is 30.3 Å². The lowest BCUT2D eigenvalue weighted by atomic mass is 10.1. The van der Waals surface area contributed by atoms with Gasteiger partial charge in [-0.3, -0.25) is 0 Å². The molecule has 17 heavy (non-hydrogen) atoms. The van der Waals surface area contributed by atoms with E-state index in [-0.39, 0.29) is 4.90 Å². The summed E-state index contributed by atoms with van der Waals surface area (Å²) < 4.78 is 23.3. The predicted octanol–water partition coefficient (Wildman–Crippen LogP) is 2.61. The Labute approximate surface area is 99.9 Å². The van der Waals surface area contributed by atoms with Gasteiger partial charge >= 0.3 is 0 Å². The van der Waals surface area contributed by atoms with E-state index in [0.29, 0.717) is 5.56 Å². The molecule has 0 atom stereocenters. The smallest absolute Gasteiger partial charge is 0.208 e. The lowest BCUT2D eigenvalue weighted by Crippen LogP contribution is -1.98. The molecule has 0 radical (unpaired) electrons. The highest BCUT2D eigenvalue weighted by Gasteiger charge is 2.17. The van der Waals surface area contributed by atoms with E-state index in [9.17, 15) is 8.42 Å². The van der Waals surface area contributed by atoms with Crippen LogP contribution in [0.15, 0.2) is 59.5 Å². The van der Waals surface area contributed by atoms with Gasteiger partial charge in [0.05, 0.1) is 4.90 Å². The molecule has 2 aromatic carbocycles. The van der Waals surface area contributed by atoms with Crippen molar-refractivity contribution in [1.29, 1.82) is 5.26 Å². The predicted molar refractivity (Wildman–Crippen MR) is 64.7 cm³/mol. The van der Waals surface area contributed by atoms with Gasteiger partial charge in [-0.2, -0.15) is 5.26 Å². The van der Waals surface area contributed by atoms with E-state index in [2.05, 4.69) is 0 Å². The normalized spacial score (nSPS) is 10.8. The number of nitrogens with zero attached hydrogens (tertiary/aromatic N) is 1. The summed E-state index contributed by atoms with van der Waals surface area (Å²) in [5, 5.41) is 10.0. The lowest BCUT2D eigenvalue weighted by Gasteiger charge is -2.06. The quantitative estimate of drug-likeness (QED) is 0.601. The number of hydrogen-bond donors (Lipinski definition) is 0. The Balaban J connectivity index is 2.70. The van der Waals surface area contributed by atoms with Crippen LogP contribution in [0.4, 0.5) is 0 Å². The highest BCUT2D eigenvalue weighted by molar-refractivity contribution is 7.96. The van der Waals surface area contributed by atoms with Crippen molar-refractivity contribution in [2.45, 2.75) is 4.90 Å². The van der Waals surface area contributed by atoms with Crippen LogP contribution >= 0.6 is 0 Å². The maximum atomic E-state index is 11.6. The third-order valence-corrected chi connectivity index (χ3v) is 3.56. The van der Waals surface area contributed by atoms with Gasteiger partial charge in [0.25, 0.3) is 9.84 Å². The number of thiocyanates is 1. The lowest BCUT2D eigenvalue weighted by molar-refractivity contribution is 0.606. The molecule has 0 bridgehead atoms. The van der Waals surface area contributed by atoms with Gasteiger partial charge < -0.3 is 0 Å². The molecule has 0 aromatic heterocycles. The monoisotopic (exact) mass is 243 g/mol. The third-order valence-electron chi connectivity index (χ3n) is 2.38. The fourth-order valence-corrected chi connectivity index (χ4v) is 2.44. The molecule has 0 aliphatic carbocycles. The minimum atomic E-state index is -3.87. The molecule has 2 aromatic rings. The molecule has 0 saturated carbocycles. The van der Waals surface area contributed by atoms with Crippen molar-refractivity contribution >= 4 is 9.84 Å². The Morgan fingerprint density at radius 3 is 2.12 bits per heavy atom. The topological polar surface area (TPSA) is 57.9 Å². The highest BCUT2D eigenvalue weighted by atomic mass is 32.2. The van der Waals surface area contributed by atoms with Crippen LogP contribution in [0.3, 0.4) is 0 Å². The van der Waals surface area contributed by atoms with Crippen molar-refractivity contribution in [3.05, 3.63) is 54.6 Å². The summed E-state index contributed by atoms with van der Waals surface area (Å²) in [6, 6.07) is 15.6. The maximum Gasteiger partial charge on any atom is 0.270 e. The Hall–Kier alpha value is -2.12. The molecule has 0 amide bonds. The van der Waals surface area contributed by atoms with Crippen LogP contribution < -0.4 is 0 Å². The summed E-state index contributed by atoms with van der Waals surface area (Å²) in [6.07, 6.45) is 0. The Kier molecular flexibility index (Phi) is 2.94. The van der Waals surface area contributed by atoms with Gasteiger partial charge in [0, 0.05) is 5.56 Å². The summed E-state index contributed by atoms with van der Waals surface area (Å²) in [5.74, 6) is 0. The first-order chi connectivity index (χ1) is 8.15. The van der Waals surface area contributed by atoms with Gasteiger partial charge in [-0.05, 0) is 11.6 Å². The number of sulfone groups is 1. The van der Waals surface area contributed by atoms with Crippen LogP contribution in [0.2, 0.25) is 0 Å². The number of nitriles is 1. The number of rotatable bonds is 2. The SMILES string of the molecule is N#CS(=O)(=O)c1ccccc1-c1ccccc1. The van der Waals surface area contributed by atoms with Gasteiger partial charge in [-0.15, -0.1) is 0 Å². The molecular formula is C13H9NO2S. The maximum absolute atomic E-state index is 11.6. The van der Waals surface area contributed by atoms with Crippen LogP contribution in [0.5, 0.6) is 0 Å². The molecule has 0 N–H and O–H groups in total. The van der Waals surface area contributed by atoms with Crippen molar-refractivity contribution in [2.75, 3.05) is 0 Å². The molecule has 2 rings (SSSR count). The second kappa shape index (κ2) is 4.40. The highest BCUT2D eigenvalue weighted by Crippen LogP contribution is 2.27. The number of hydrogen-bond acceptors (Lipinski definition) is 3. The second-order valence-corrected chi connectivity index (χ2v) is 5.09. The first-order valence-electron chi connectivity index (χ1n) is 4.95. The zero-order valence-corrected chi connectivity index (χ0v) is 9.68. The van der Waals surface area contributed by atoms with Gasteiger partial charge in [-0.25, -0.2) is 8.42 Å². The fraction of sp³-hybridized carbons (Fsp3) is 0. The molecular weight excluding hydrogens is 234 g/mol. The Morgan fingerprint density at radius 1 is 0.882 bits per heavy atom. The zero-order chi connectivity index (χ0) is 12.3. The Morgan fingerprint density at radius 2 is 1.47 bits per heavy atom. The van der Waals surface area contributed by atoms with Crippen molar-refractivity contribution in [3.63, 3.8) is 0 Å². The molecule has 0 aliphatic rings. The molecule has 0 aliphatic heterocycles. The van der Waals surface area contributed by atoms with Crippen LogP contribution in [0, 0.1) is 10.7 Å². The van der Waals surface area contributed by atoms with Crippen LogP contribution in [-0.4, -0.2) is 8.42 Å². The van der Waals surface area contributed by atoms with Crippen molar-refractivity contribution in [1.82, 2.24) is 0 Å². The summed E-state index contributed by atoms with van der Waals surface area (Å²) in [5.41, 5.74) is 1.33. The zero-order valence-electron chi connectivity index (χ0n) is 8.87. The average Bonchev–Trinajstić information content (AvgIpc) is 2.40. The fourth-order valence-electron chi connectivity index (χ4n) is 1.61. The van der Waals surface area contributed by atoms with E-state index < -0.39 is 9.84 Å². The first-order valence-corrected chi connectivity index (χ1v) is 6.44. The standard InChI is InChI=1S/C13H9NO2S/c14-10-17(15,16)13-9-5-4-8-12(13)11-6-2-1-3-7-11/h1-9H. The molecule has 3 nitrogen and oxygen atoms in total. The first kappa shape index (κ1) is 11.4. The largest absolute Gasteiger partial charge is 0.270 e. The molecule has 0 heterocycles. The minimum Gasteiger partial charge on any atom is -0.208 e. The van der Waals surface area contributed by atoms with Crippen LogP contribution in [0.1, 0.15) is 0 Å². The van der Waals surface area contributed by atoms with Crippen LogP contribution in [0.25, 0.3) is 11.1 Å². The summed E-state index contributed by atoms with van der Waals surface area (Å²) >= 11 is 0.